The molecule has 1 aliphatic heterocycles. The third kappa shape index (κ3) is 2.76. The SMILES string of the molecule is CCC1OCCC1Cn1cc(C(=O)O)c(=O)[nH]c1=O. The highest BCUT2D eigenvalue weighted by Crippen LogP contribution is 2.24. The Morgan fingerprint density at radius 3 is 2.95 bits per heavy atom. The van der Waals surface area contributed by atoms with E-state index < -0.39 is 22.8 Å². The van der Waals surface area contributed by atoms with Crippen molar-refractivity contribution in [3.63, 3.8) is 0 Å². The van der Waals surface area contributed by atoms with Crippen LogP contribution in [0.5, 0.6) is 0 Å². The molecule has 1 aromatic rings. The van der Waals surface area contributed by atoms with Gasteiger partial charge in [0.15, 0.2) is 0 Å². The molecule has 1 aliphatic rings. The van der Waals surface area contributed by atoms with Gasteiger partial charge in [-0.15, -0.1) is 0 Å². The molecular weight excluding hydrogens is 252 g/mol. The van der Waals surface area contributed by atoms with Gasteiger partial charge >= 0.3 is 11.7 Å². The fraction of sp³-hybridized carbons (Fsp3) is 0.583. The van der Waals surface area contributed by atoms with Crippen molar-refractivity contribution < 1.29 is 14.6 Å². The lowest BCUT2D eigenvalue weighted by Gasteiger charge is -2.17. The monoisotopic (exact) mass is 268 g/mol. The minimum atomic E-state index is -1.34. The fourth-order valence-electron chi connectivity index (χ4n) is 2.40. The molecule has 0 saturated carbocycles. The van der Waals surface area contributed by atoms with Gasteiger partial charge in [0.1, 0.15) is 5.56 Å². The van der Waals surface area contributed by atoms with Crippen molar-refractivity contribution in [3.8, 4) is 0 Å². The molecule has 1 saturated heterocycles. The zero-order valence-electron chi connectivity index (χ0n) is 10.6. The van der Waals surface area contributed by atoms with Gasteiger partial charge < -0.3 is 9.84 Å². The van der Waals surface area contributed by atoms with Crippen molar-refractivity contribution >= 4 is 5.97 Å². The van der Waals surface area contributed by atoms with E-state index in [0.29, 0.717) is 13.2 Å². The molecule has 7 heteroatoms. The Hall–Kier alpha value is -1.89. The summed E-state index contributed by atoms with van der Waals surface area (Å²) in [5, 5.41) is 8.88. The summed E-state index contributed by atoms with van der Waals surface area (Å²) in [6.45, 7) is 3.00. The predicted octanol–water partition coefficient (Wildman–Crippen LogP) is 0.0499. The number of hydrogen-bond donors (Lipinski definition) is 2. The minimum absolute atomic E-state index is 0.0760. The molecule has 0 radical (unpaired) electrons. The van der Waals surface area contributed by atoms with E-state index >= 15 is 0 Å². The number of hydrogen-bond acceptors (Lipinski definition) is 4. The van der Waals surface area contributed by atoms with Gasteiger partial charge in [-0.2, -0.15) is 0 Å². The summed E-state index contributed by atoms with van der Waals surface area (Å²) in [6.07, 6.45) is 2.85. The second-order valence-corrected chi connectivity index (χ2v) is 4.63. The van der Waals surface area contributed by atoms with Gasteiger partial charge in [-0.1, -0.05) is 6.92 Å². The predicted molar refractivity (Wildman–Crippen MR) is 66.4 cm³/mol. The summed E-state index contributed by atoms with van der Waals surface area (Å²) in [6, 6.07) is 0. The zero-order chi connectivity index (χ0) is 14.0. The Balaban J connectivity index is 2.30. The second kappa shape index (κ2) is 5.40. The number of H-pyrrole nitrogens is 1. The maximum atomic E-state index is 11.7. The van der Waals surface area contributed by atoms with Crippen LogP contribution in [0.25, 0.3) is 0 Å². The van der Waals surface area contributed by atoms with Gasteiger partial charge in [0.05, 0.1) is 6.10 Å². The van der Waals surface area contributed by atoms with E-state index in [0.717, 1.165) is 19.0 Å². The molecule has 2 N–H and O–H groups in total. The fourth-order valence-corrected chi connectivity index (χ4v) is 2.40. The number of aromatic amines is 1. The summed E-state index contributed by atoms with van der Waals surface area (Å²) >= 11 is 0. The first kappa shape index (κ1) is 13.5. The molecule has 1 aromatic heterocycles. The van der Waals surface area contributed by atoms with Crippen LogP contribution in [0.1, 0.15) is 30.1 Å². The van der Waals surface area contributed by atoms with Crippen LogP contribution in [0, 0.1) is 5.92 Å². The van der Waals surface area contributed by atoms with Crippen molar-refractivity contribution in [2.45, 2.75) is 32.4 Å². The Kier molecular flexibility index (Phi) is 3.84. The van der Waals surface area contributed by atoms with Crippen LogP contribution in [0.3, 0.4) is 0 Å². The number of nitrogens with zero attached hydrogens (tertiary/aromatic N) is 1. The Bertz CT molecular complexity index is 589. The van der Waals surface area contributed by atoms with E-state index in [1.807, 2.05) is 11.9 Å². The third-order valence-corrected chi connectivity index (χ3v) is 3.42. The second-order valence-electron chi connectivity index (χ2n) is 4.63. The van der Waals surface area contributed by atoms with Crippen molar-refractivity contribution in [2.24, 2.45) is 5.92 Å². The van der Waals surface area contributed by atoms with Crippen LogP contribution in [-0.4, -0.2) is 33.3 Å². The number of nitrogens with one attached hydrogen (secondary N) is 1. The number of aromatic nitrogens is 2. The van der Waals surface area contributed by atoms with Gasteiger partial charge in [0.2, 0.25) is 0 Å². The lowest BCUT2D eigenvalue weighted by Crippen LogP contribution is -2.35. The minimum Gasteiger partial charge on any atom is -0.477 e. The van der Waals surface area contributed by atoms with Crippen molar-refractivity contribution in [3.05, 3.63) is 32.6 Å². The van der Waals surface area contributed by atoms with Gasteiger partial charge in [0.25, 0.3) is 5.56 Å². The first-order valence-corrected chi connectivity index (χ1v) is 6.21. The molecule has 0 amide bonds. The van der Waals surface area contributed by atoms with Crippen LogP contribution < -0.4 is 11.2 Å². The van der Waals surface area contributed by atoms with Crippen LogP contribution in [0.15, 0.2) is 15.8 Å². The van der Waals surface area contributed by atoms with Crippen LogP contribution in [-0.2, 0) is 11.3 Å². The molecule has 0 spiro atoms. The smallest absolute Gasteiger partial charge is 0.342 e. The molecule has 2 atom stereocenters. The first-order valence-electron chi connectivity index (χ1n) is 6.21. The Morgan fingerprint density at radius 2 is 2.32 bits per heavy atom. The summed E-state index contributed by atoms with van der Waals surface area (Å²) in [5.74, 6) is -1.18. The first-order chi connectivity index (χ1) is 9.02. The lowest BCUT2D eigenvalue weighted by molar-refractivity contribution is 0.0693. The molecule has 7 nitrogen and oxygen atoms in total. The van der Waals surface area contributed by atoms with Gasteiger partial charge in [0, 0.05) is 25.3 Å². The maximum Gasteiger partial charge on any atom is 0.342 e. The van der Waals surface area contributed by atoms with Crippen LogP contribution in [0.2, 0.25) is 0 Å². The van der Waals surface area contributed by atoms with E-state index in [1.165, 1.54) is 4.57 Å². The molecule has 1 fully saturated rings. The molecule has 2 rings (SSSR count). The Morgan fingerprint density at radius 1 is 1.58 bits per heavy atom. The molecule has 2 heterocycles. The zero-order valence-corrected chi connectivity index (χ0v) is 10.6. The van der Waals surface area contributed by atoms with E-state index in [-0.39, 0.29) is 12.0 Å². The number of rotatable bonds is 4. The van der Waals surface area contributed by atoms with Crippen molar-refractivity contribution in [1.82, 2.24) is 9.55 Å². The highest BCUT2D eigenvalue weighted by Gasteiger charge is 2.27. The molecule has 2 unspecified atom stereocenters. The van der Waals surface area contributed by atoms with E-state index in [2.05, 4.69) is 0 Å². The summed E-state index contributed by atoms with van der Waals surface area (Å²) in [4.78, 5) is 35.9. The average molecular weight is 268 g/mol. The average Bonchev–Trinajstić information content (AvgIpc) is 2.79. The van der Waals surface area contributed by atoms with Crippen LogP contribution >= 0.6 is 0 Å². The normalized spacial score (nSPS) is 22.6. The highest BCUT2D eigenvalue weighted by molar-refractivity contribution is 5.86. The quantitative estimate of drug-likeness (QED) is 0.803. The summed E-state index contributed by atoms with van der Waals surface area (Å²) in [5.41, 5.74) is -1.88. The van der Waals surface area contributed by atoms with Gasteiger partial charge in [-0.05, 0) is 12.8 Å². The summed E-state index contributed by atoms with van der Waals surface area (Å²) < 4.78 is 6.77. The van der Waals surface area contributed by atoms with E-state index in [9.17, 15) is 14.4 Å². The van der Waals surface area contributed by atoms with Gasteiger partial charge in [-0.25, -0.2) is 9.59 Å². The number of carboxylic acids is 1. The molecule has 19 heavy (non-hydrogen) atoms. The molecule has 0 aromatic carbocycles. The number of aromatic carboxylic acids is 1. The summed E-state index contributed by atoms with van der Waals surface area (Å²) in [7, 11) is 0. The lowest BCUT2D eigenvalue weighted by atomic mass is 9.99. The maximum absolute atomic E-state index is 11.7. The molecular formula is C12H16N2O5. The highest BCUT2D eigenvalue weighted by atomic mass is 16.5. The number of carbonyl (C=O) groups is 1. The third-order valence-electron chi connectivity index (χ3n) is 3.42. The van der Waals surface area contributed by atoms with E-state index in [4.69, 9.17) is 9.84 Å². The van der Waals surface area contributed by atoms with E-state index in [1.54, 1.807) is 0 Å². The van der Waals surface area contributed by atoms with Crippen molar-refractivity contribution in [2.75, 3.05) is 6.61 Å². The van der Waals surface area contributed by atoms with Gasteiger partial charge in [-0.3, -0.25) is 14.3 Å². The Labute approximate surface area is 108 Å². The standard InChI is InChI=1S/C12H16N2O5/c1-2-9-7(3-4-19-9)5-14-6-8(11(16)17)10(15)13-12(14)18/h6-7,9H,2-5H2,1H3,(H,16,17)(H,13,15,18). The van der Waals surface area contributed by atoms with Crippen molar-refractivity contribution in [1.29, 1.82) is 0 Å². The largest absolute Gasteiger partial charge is 0.477 e. The number of carboxylic acid groups (broad SMARTS) is 1. The molecule has 0 bridgehead atoms. The molecule has 104 valence electrons. The molecule has 0 aliphatic carbocycles. The number of ether oxygens (including phenoxy) is 1. The topological polar surface area (TPSA) is 101 Å². The van der Waals surface area contributed by atoms with Crippen LogP contribution in [0.4, 0.5) is 0 Å².